The number of nitrogens with two attached hydrogens (primary N) is 1. The standard InChI is InChI=1S/C7H11NO2/c1-7(2)3-4(8)5(9)6(7)10/h4H,3,8H2,1-2H3. The summed E-state index contributed by atoms with van der Waals surface area (Å²) in [5.41, 5.74) is 4.86. The Kier molecular flexibility index (Phi) is 1.40. The molecule has 0 amide bonds. The third-order valence-electron chi connectivity index (χ3n) is 1.91. The Morgan fingerprint density at radius 3 is 2.10 bits per heavy atom. The van der Waals surface area contributed by atoms with Crippen LogP contribution in [-0.2, 0) is 9.59 Å². The minimum absolute atomic E-state index is 0.319. The van der Waals surface area contributed by atoms with Crippen molar-refractivity contribution >= 4 is 11.6 Å². The molecule has 0 aliphatic heterocycles. The normalized spacial score (nSPS) is 31.3. The van der Waals surface area contributed by atoms with Gasteiger partial charge < -0.3 is 5.73 Å². The molecule has 2 N–H and O–H groups in total. The minimum Gasteiger partial charge on any atom is -0.321 e. The van der Waals surface area contributed by atoms with Gasteiger partial charge >= 0.3 is 0 Å². The highest BCUT2D eigenvalue weighted by Gasteiger charge is 2.44. The molecule has 0 spiro atoms. The summed E-state index contributed by atoms with van der Waals surface area (Å²) in [5, 5.41) is 0. The summed E-state index contributed by atoms with van der Waals surface area (Å²) in [6.45, 7) is 3.50. The summed E-state index contributed by atoms with van der Waals surface area (Å²) in [5.74, 6) is -0.731. The van der Waals surface area contributed by atoms with Crippen LogP contribution < -0.4 is 5.73 Å². The molecule has 1 unspecified atom stereocenters. The Morgan fingerprint density at radius 2 is 2.00 bits per heavy atom. The predicted molar refractivity (Wildman–Crippen MR) is 36.4 cm³/mol. The second kappa shape index (κ2) is 1.89. The topological polar surface area (TPSA) is 60.2 Å². The smallest absolute Gasteiger partial charge is 0.215 e. The molecule has 1 aliphatic rings. The van der Waals surface area contributed by atoms with E-state index in [9.17, 15) is 9.59 Å². The van der Waals surface area contributed by atoms with Crippen molar-refractivity contribution in [3.8, 4) is 0 Å². The Bertz CT molecular complexity index is 196. The van der Waals surface area contributed by atoms with Gasteiger partial charge in [0.15, 0.2) is 0 Å². The van der Waals surface area contributed by atoms with E-state index in [1.807, 2.05) is 0 Å². The first-order valence-corrected chi connectivity index (χ1v) is 3.29. The first-order chi connectivity index (χ1) is 4.45. The van der Waals surface area contributed by atoms with E-state index < -0.39 is 17.2 Å². The van der Waals surface area contributed by atoms with Crippen LogP contribution in [0.2, 0.25) is 0 Å². The van der Waals surface area contributed by atoms with E-state index in [0.29, 0.717) is 6.42 Å². The third-order valence-corrected chi connectivity index (χ3v) is 1.91. The van der Waals surface area contributed by atoms with E-state index >= 15 is 0 Å². The second-order valence-corrected chi connectivity index (χ2v) is 3.39. The number of rotatable bonds is 0. The van der Waals surface area contributed by atoms with Gasteiger partial charge in [0, 0.05) is 5.41 Å². The molecular weight excluding hydrogens is 130 g/mol. The van der Waals surface area contributed by atoms with Gasteiger partial charge in [-0.3, -0.25) is 9.59 Å². The molecule has 1 atom stereocenters. The van der Waals surface area contributed by atoms with Crippen LogP contribution in [0.4, 0.5) is 0 Å². The van der Waals surface area contributed by atoms with Gasteiger partial charge in [-0.15, -0.1) is 0 Å². The molecule has 56 valence electrons. The highest BCUT2D eigenvalue weighted by molar-refractivity contribution is 6.43. The summed E-state index contributed by atoms with van der Waals surface area (Å²) in [6, 6.07) is -0.553. The van der Waals surface area contributed by atoms with Gasteiger partial charge in [0.1, 0.15) is 0 Å². The molecule has 1 aliphatic carbocycles. The Hall–Kier alpha value is -0.700. The number of hydrogen-bond donors (Lipinski definition) is 1. The summed E-state index contributed by atoms with van der Waals surface area (Å²) in [6.07, 6.45) is 0.491. The van der Waals surface area contributed by atoms with Crippen molar-refractivity contribution in [1.82, 2.24) is 0 Å². The molecule has 1 rings (SSSR count). The molecule has 0 saturated heterocycles. The van der Waals surface area contributed by atoms with E-state index in [-0.39, 0.29) is 5.78 Å². The van der Waals surface area contributed by atoms with Gasteiger partial charge in [0.2, 0.25) is 11.6 Å². The molecule has 1 saturated carbocycles. The van der Waals surface area contributed by atoms with E-state index in [0.717, 1.165) is 0 Å². The van der Waals surface area contributed by atoms with Crippen molar-refractivity contribution in [3.63, 3.8) is 0 Å². The zero-order chi connectivity index (χ0) is 7.94. The van der Waals surface area contributed by atoms with Crippen LogP contribution in [0.3, 0.4) is 0 Å². The lowest BCUT2D eigenvalue weighted by molar-refractivity contribution is -0.138. The first-order valence-electron chi connectivity index (χ1n) is 3.29. The van der Waals surface area contributed by atoms with Crippen LogP contribution in [0.5, 0.6) is 0 Å². The zero-order valence-corrected chi connectivity index (χ0v) is 6.18. The van der Waals surface area contributed by atoms with E-state index in [1.54, 1.807) is 13.8 Å². The van der Waals surface area contributed by atoms with Crippen LogP contribution in [0.25, 0.3) is 0 Å². The van der Waals surface area contributed by atoms with Crippen molar-refractivity contribution in [2.24, 2.45) is 11.1 Å². The Labute approximate surface area is 59.6 Å². The van der Waals surface area contributed by atoms with Gasteiger partial charge in [0.25, 0.3) is 0 Å². The van der Waals surface area contributed by atoms with Gasteiger partial charge in [-0.25, -0.2) is 0 Å². The average Bonchev–Trinajstić information content (AvgIpc) is 1.95. The summed E-state index contributed by atoms with van der Waals surface area (Å²) >= 11 is 0. The van der Waals surface area contributed by atoms with Crippen molar-refractivity contribution in [2.45, 2.75) is 26.3 Å². The molecule has 0 aromatic rings. The van der Waals surface area contributed by atoms with Crippen LogP contribution in [-0.4, -0.2) is 17.6 Å². The van der Waals surface area contributed by atoms with Crippen molar-refractivity contribution in [1.29, 1.82) is 0 Å². The number of hydrogen-bond acceptors (Lipinski definition) is 3. The fourth-order valence-corrected chi connectivity index (χ4v) is 1.24. The largest absolute Gasteiger partial charge is 0.321 e. The molecule has 3 heteroatoms. The summed E-state index contributed by atoms with van der Waals surface area (Å²) < 4.78 is 0. The predicted octanol–water partition coefficient (Wildman–Crippen LogP) is -0.118. The molecule has 0 aromatic carbocycles. The Balaban J connectivity index is 2.92. The number of Topliss-reactive ketones (excluding diaryl/α,β-unsaturated/α-hetero) is 2. The fraction of sp³-hybridized carbons (Fsp3) is 0.714. The SMILES string of the molecule is CC1(C)CC(N)C(=O)C1=O. The van der Waals surface area contributed by atoms with Crippen molar-refractivity contribution < 1.29 is 9.59 Å². The average molecular weight is 141 g/mol. The van der Waals surface area contributed by atoms with Crippen LogP contribution >= 0.6 is 0 Å². The van der Waals surface area contributed by atoms with E-state index in [1.165, 1.54) is 0 Å². The lowest BCUT2D eigenvalue weighted by atomic mass is 9.90. The van der Waals surface area contributed by atoms with Crippen LogP contribution in [0, 0.1) is 5.41 Å². The fourth-order valence-electron chi connectivity index (χ4n) is 1.24. The summed E-state index contributed by atoms with van der Waals surface area (Å²) in [4.78, 5) is 21.9. The minimum atomic E-state index is -0.553. The molecule has 0 heterocycles. The van der Waals surface area contributed by atoms with Gasteiger partial charge in [0.05, 0.1) is 6.04 Å². The van der Waals surface area contributed by atoms with Gasteiger partial charge in [-0.1, -0.05) is 13.8 Å². The maximum Gasteiger partial charge on any atom is 0.215 e. The van der Waals surface area contributed by atoms with Crippen molar-refractivity contribution in [3.05, 3.63) is 0 Å². The monoisotopic (exact) mass is 141 g/mol. The second-order valence-electron chi connectivity index (χ2n) is 3.39. The number of carbonyl (C=O) groups is 2. The first kappa shape index (κ1) is 7.41. The molecule has 3 nitrogen and oxygen atoms in total. The maximum absolute atomic E-state index is 11.0. The molecular formula is C7H11NO2. The van der Waals surface area contributed by atoms with Gasteiger partial charge in [-0.2, -0.15) is 0 Å². The molecule has 0 bridgehead atoms. The van der Waals surface area contributed by atoms with Crippen molar-refractivity contribution in [2.75, 3.05) is 0 Å². The zero-order valence-electron chi connectivity index (χ0n) is 6.18. The molecule has 10 heavy (non-hydrogen) atoms. The number of carbonyl (C=O) groups excluding carboxylic acids is 2. The quantitative estimate of drug-likeness (QED) is 0.478. The third kappa shape index (κ3) is 0.865. The Morgan fingerprint density at radius 1 is 1.50 bits per heavy atom. The van der Waals surface area contributed by atoms with Crippen LogP contribution in [0.15, 0.2) is 0 Å². The van der Waals surface area contributed by atoms with Gasteiger partial charge in [-0.05, 0) is 6.42 Å². The lowest BCUT2D eigenvalue weighted by Crippen LogP contribution is -2.27. The lowest BCUT2D eigenvalue weighted by Gasteiger charge is -2.11. The number of ketones is 2. The highest BCUT2D eigenvalue weighted by atomic mass is 16.2. The van der Waals surface area contributed by atoms with E-state index in [4.69, 9.17) is 5.73 Å². The molecule has 0 radical (unpaired) electrons. The van der Waals surface area contributed by atoms with E-state index in [2.05, 4.69) is 0 Å². The molecule has 0 aromatic heterocycles. The molecule has 1 fully saturated rings. The maximum atomic E-state index is 11.0. The van der Waals surface area contributed by atoms with Crippen LogP contribution in [0.1, 0.15) is 20.3 Å². The highest BCUT2D eigenvalue weighted by Crippen LogP contribution is 2.30. The summed E-state index contributed by atoms with van der Waals surface area (Å²) in [7, 11) is 0.